The van der Waals surface area contributed by atoms with E-state index < -0.39 is 17.8 Å². The van der Waals surface area contributed by atoms with E-state index in [1.54, 1.807) is 23.1 Å². The number of nitrogens with zero attached hydrogens (tertiary/aromatic N) is 1. The largest absolute Gasteiger partial charge is 0.508 e. The number of carbonyl (C=O) groups is 1. The zero-order chi connectivity index (χ0) is 22.9. The van der Waals surface area contributed by atoms with Crippen LogP contribution in [-0.2, 0) is 23.8 Å². The van der Waals surface area contributed by atoms with Gasteiger partial charge in [-0.3, -0.25) is 4.79 Å². The maximum absolute atomic E-state index is 13.2. The van der Waals surface area contributed by atoms with Crippen LogP contribution in [0, 0.1) is 0 Å². The summed E-state index contributed by atoms with van der Waals surface area (Å²) in [5.74, 6) is -0.159. The van der Waals surface area contributed by atoms with Crippen LogP contribution < -0.4 is 0 Å². The lowest BCUT2D eigenvalue weighted by atomic mass is 9.87. The number of amides is 1. The van der Waals surface area contributed by atoms with Crippen LogP contribution in [0.15, 0.2) is 66.7 Å². The van der Waals surface area contributed by atoms with E-state index in [9.17, 15) is 23.1 Å². The molecule has 4 rings (SSSR count). The van der Waals surface area contributed by atoms with E-state index >= 15 is 0 Å². The molecule has 1 aliphatic heterocycles. The van der Waals surface area contributed by atoms with Gasteiger partial charge in [0.15, 0.2) is 0 Å². The maximum atomic E-state index is 13.2. The van der Waals surface area contributed by atoms with E-state index in [0.717, 1.165) is 23.3 Å². The number of fused-ring (bicyclic) bond motifs is 1. The summed E-state index contributed by atoms with van der Waals surface area (Å²) in [6.07, 6.45) is -3.52. The lowest BCUT2D eigenvalue weighted by Gasteiger charge is -2.38. The molecule has 0 aliphatic carbocycles. The van der Waals surface area contributed by atoms with Crippen LogP contribution in [0.2, 0.25) is 5.02 Å². The van der Waals surface area contributed by atoms with Crippen LogP contribution in [-0.4, -0.2) is 22.5 Å². The average Bonchev–Trinajstić information content (AvgIpc) is 2.78. The third-order valence-electron chi connectivity index (χ3n) is 5.77. The summed E-state index contributed by atoms with van der Waals surface area (Å²) in [7, 11) is 0. The van der Waals surface area contributed by atoms with Gasteiger partial charge in [-0.1, -0.05) is 54.1 Å². The fraction of sp³-hybridized carbons (Fsp3) is 0.240. The summed E-state index contributed by atoms with van der Waals surface area (Å²) in [4.78, 5) is 14.9. The van der Waals surface area contributed by atoms with E-state index in [-0.39, 0.29) is 24.5 Å². The molecule has 0 spiro atoms. The summed E-state index contributed by atoms with van der Waals surface area (Å²) in [6, 6.07) is 17.0. The third-order valence-corrected chi connectivity index (χ3v) is 6.00. The highest BCUT2D eigenvalue weighted by Gasteiger charge is 2.34. The lowest BCUT2D eigenvalue weighted by Crippen LogP contribution is -2.40. The van der Waals surface area contributed by atoms with Crippen LogP contribution in [0.25, 0.3) is 0 Å². The van der Waals surface area contributed by atoms with Crippen molar-refractivity contribution in [3.05, 3.63) is 99.6 Å². The molecule has 0 aromatic heterocycles. The van der Waals surface area contributed by atoms with Crippen LogP contribution in [0.4, 0.5) is 13.2 Å². The molecular weight excluding hydrogens is 439 g/mol. The minimum absolute atomic E-state index is 0.0341. The van der Waals surface area contributed by atoms with Crippen LogP contribution >= 0.6 is 11.6 Å². The molecule has 1 aliphatic rings. The molecule has 0 fully saturated rings. The van der Waals surface area contributed by atoms with Gasteiger partial charge in [0.05, 0.1) is 11.6 Å². The fourth-order valence-corrected chi connectivity index (χ4v) is 4.39. The van der Waals surface area contributed by atoms with E-state index in [0.29, 0.717) is 29.1 Å². The molecule has 7 heteroatoms. The number of carbonyl (C=O) groups excluding carboxylic acids is 1. The molecule has 1 N–H and O–H groups in total. The Balaban J connectivity index is 1.62. The van der Waals surface area contributed by atoms with Crippen molar-refractivity contribution in [2.24, 2.45) is 0 Å². The molecule has 1 atom stereocenters. The Morgan fingerprint density at radius 3 is 2.59 bits per heavy atom. The number of phenols is 1. The molecule has 1 unspecified atom stereocenters. The topological polar surface area (TPSA) is 40.5 Å². The zero-order valence-electron chi connectivity index (χ0n) is 17.1. The van der Waals surface area contributed by atoms with Crippen molar-refractivity contribution in [2.45, 2.75) is 31.5 Å². The highest BCUT2D eigenvalue weighted by molar-refractivity contribution is 6.30. The van der Waals surface area contributed by atoms with Crippen LogP contribution in [0.5, 0.6) is 5.75 Å². The van der Waals surface area contributed by atoms with Gasteiger partial charge in [0.2, 0.25) is 5.91 Å². The van der Waals surface area contributed by atoms with Crippen molar-refractivity contribution in [3.63, 3.8) is 0 Å². The summed E-state index contributed by atoms with van der Waals surface area (Å²) >= 11 is 6.18. The van der Waals surface area contributed by atoms with Gasteiger partial charge in [-0.15, -0.1) is 0 Å². The number of hydrogen-bond donors (Lipinski definition) is 1. The molecule has 0 saturated heterocycles. The number of benzene rings is 3. The third kappa shape index (κ3) is 4.60. The monoisotopic (exact) mass is 459 g/mol. The molecule has 1 heterocycles. The van der Waals surface area contributed by atoms with Gasteiger partial charge in [0.1, 0.15) is 5.75 Å². The van der Waals surface area contributed by atoms with Crippen LogP contribution in [0.1, 0.15) is 40.3 Å². The Bertz CT molecular complexity index is 1150. The van der Waals surface area contributed by atoms with Gasteiger partial charge >= 0.3 is 6.18 Å². The van der Waals surface area contributed by atoms with E-state index in [1.807, 2.05) is 24.3 Å². The number of phenolic OH excluding ortho intramolecular Hbond substituents is 1. The fourth-order valence-electron chi connectivity index (χ4n) is 4.21. The number of hydrogen-bond acceptors (Lipinski definition) is 2. The first-order chi connectivity index (χ1) is 15.2. The molecule has 3 aromatic carbocycles. The Morgan fingerprint density at radius 1 is 1.03 bits per heavy atom. The highest BCUT2D eigenvalue weighted by Crippen LogP contribution is 2.40. The Kier molecular flexibility index (Phi) is 6.15. The maximum Gasteiger partial charge on any atom is 0.416 e. The standard InChI is InChI=1S/C25H21ClF3NO2/c26-19-9-10-22(31)21(15-19)24-20-7-2-1-5-17(20)12-13-30(24)23(32)11-8-16-4-3-6-18(14-16)25(27,28)29/h1-7,9-10,14-15,24,31H,8,11-13H2. The van der Waals surface area contributed by atoms with Gasteiger partial charge < -0.3 is 10.0 Å². The Morgan fingerprint density at radius 2 is 1.81 bits per heavy atom. The molecule has 0 bridgehead atoms. The first-order valence-corrected chi connectivity index (χ1v) is 10.6. The molecule has 32 heavy (non-hydrogen) atoms. The minimum Gasteiger partial charge on any atom is -0.508 e. The molecule has 1 amide bonds. The summed E-state index contributed by atoms with van der Waals surface area (Å²) in [5, 5.41) is 11.0. The van der Waals surface area contributed by atoms with Crippen LogP contribution in [0.3, 0.4) is 0 Å². The SMILES string of the molecule is O=C(CCc1cccc(C(F)(F)F)c1)N1CCc2ccccc2C1c1cc(Cl)ccc1O. The van der Waals surface area contributed by atoms with Gasteiger partial charge in [-0.05, 0) is 53.8 Å². The zero-order valence-corrected chi connectivity index (χ0v) is 17.8. The quantitative estimate of drug-likeness (QED) is 0.506. The Labute approximate surface area is 189 Å². The van der Waals surface area contributed by atoms with Crippen molar-refractivity contribution in [3.8, 4) is 5.75 Å². The molecule has 3 nitrogen and oxygen atoms in total. The number of aryl methyl sites for hydroxylation is 1. The van der Waals surface area contributed by atoms with Gasteiger partial charge in [-0.2, -0.15) is 13.2 Å². The molecule has 0 saturated carbocycles. The molecule has 166 valence electrons. The van der Waals surface area contributed by atoms with Gasteiger partial charge in [0, 0.05) is 23.6 Å². The predicted octanol–water partition coefficient (Wildman–Crippen LogP) is 6.17. The van der Waals surface area contributed by atoms with E-state index in [2.05, 4.69) is 0 Å². The lowest BCUT2D eigenvalue weighted by molar-refractivity contribution is -0.137. The van der Waals surface area contributed by atoms with Gasteiger partial charge in [-0.25, -0.2) is 0 Å². The van der Waals surface area contributed by atoms with Crippen molar-refractivity contribution in [2.75, 3.05) is 6.54 Å². The second kappa shape index (κ2) is 8.87. The second-order valence-electron chi connectivity index (χ2n) is 7.84. The van der Waals surface area contributed by atoms with E-state index in [4.69, 9.17) is 11.6 Å². The first-order valence-electron chi connectivity index (χ1n) is 10.3. The number of alkyl halides is 3. The minimum atomic E-state index is -4.42. The average molecular weight is 460 g/mol. The van der Waals surface area contributed by atoms with E-state index in [1.165, 1.54) is 12.1 Å². The number of halogens is 4. The smallest absolute Gasteiger partial charge is 0.416 e. The van der Waals surface area contributed by atoms with Gasteiger partial charge in [0.25, 0.3) is 0 Å². The summed E-state index contributed by atoms with van der Waals surface area (Å²) in [5.41, 5.74) is 2.24. The number of aromatic hydroxyl groups is 1. The van der Waals surface area contributed by atoms with Crippen molar-refractivity contribution < 1.29 is 23.1 Å². The second-order valence-corrected chi connectivity index (χ2v) is 8.28. The predicted molar refractivity (Wildman–Crippen MR) is 117 cm³/mol. The first kappa shape index (κ1) is 22.2. The summed E-state index contributed by atoms with van der Waals surface area (Å²) in [6.45, 7) is 0.440. The molecular formula is C25H21ClF3NO2. The van der Waals surface area contributed by atoms with Crippen molar-refractivity contribution in [1.29, 1.82) is 0 Å². The summed E-state index contributed by atoms with van der Waals surface area (Å²) < 4.78 is 39.0. The van der Waals surface area contributed by atoms with Crippen molar-refractivity contribution in [1.82, 2.24) is 4.90 Å². The highest BCUT2D eigenvalue weighted by atomic mass is 35.5. The molecule has 0 radical (unpaired) electrons. The normalized spacial score (nSPS) is 16.0. The molecule has 3 aromatic rings. The van der Waals surface area contributed by atoms with Crippen molar-refractivity contribution >= 4 is 17.5 Å². The number of rotatable bonds is 4. The Hall–Kier alpha value is -2.99.